The van der Waals surface area contributed by atoms with Gasteiger partial charge in [0, 0.05) is 29.4 Å². The maximum Gasteiger partial charge on any atom is 0.411 e. The Morgan fingerprint density at radius 1 is 1.02 bits per heavy atom. The van der Waals surface area contributed by atoms with Gasteiger partial charge in [-0.15, -0.1) is 11.8 Å². The fourth-order valence-corrected chi connectivity index (χ4v) is 10.7. The lowest BCUT2D eigenvalue weighted by Crippen LogP contribution is -2.71. The molecule has 0 saturated carbocycles. The number of halogens is 3. The number of hydrogen-bond donors (Lipinski definition) is 1. The van der Waals surface area contributed by atoms with E-state index in [1.54, 1.807) is 25.0 Å². The van der Waals surface area contributed by atoms with Gasteiger partial charge in [-0.25, -0.2) is 14.4 Å². The maximum absolute atomic E-state index is 14.5. The molecule has 7 atom stereocenters. The minimum Gasteiger partial charge on any atom is -0.496 e. The number of nitrogens with zero attached hydrogens (tertiary/aromatic N) is 3. The van der Waals surface area contributed by atoms with E-state index in [2.05, 4.69) is 24.5 Å². The monoisotopic (exact) mass is 906 g/mol. The number of amides is 2. The van der Waals surface area contributed by atoms with Crippen molar-refractivity contribution in [2.24, 2.45) is 0 Å². The SMILES string of the molecule is C=CCOC(=O)N1[C@@H]2Cc3cc(C)c(OC)c(C)c3[C@H]1[C@@H]1[C@@H]3SC[C@H](NC(=O)OCC(Cl)(Cl)Cl)C(=O)OC[C@@H](c4c(OCC=C)c(OC)c(C)c(OC(C)=O)c43)N1[C@H]2C#N. The fraction of sp³-hybridized carbons (Fsp3) is 0.488. The molecule has 0 spiro atoms. The lowest BCUT2D eigenvalue weighted by Gasteiger charge is -2.62. The largest absolute Gasteiger partial charge is 0.496 e. The molecule has 1 N–H and O–H groups in total. The molecule has 60 heavy (non-hydrogen) atoms. The van der Waals surface area contributed by atoms with Crippen molar-refractivity contribution in [1.82, 2.24) is 15.1 Å². The minimum atomic E-state index is -1.92. The molecule has 0 unspecified atom stereocenters. The zero-order valence-electron chi connectivity index (χ0n) is 33.8. The summed E-state index contributed by atoms with van der Waals surface area (Å²) in [5, 5.41) is 13.0. The summed E-state index contributed by atoms with van der Waals surface area (Å²) in [6, 6.07) is -1.21. The van der Waals surface area contributed by atoms with Gasteiger partial charge >= 0.3 is 24.1 Å². The first-order valence-corrected chi connectivity index (χ1v) is 21.1. The normalized spacial score (nSPS) is 24.2. The number of fused-ring (bicyclic) bond motifs is 7. The number of carbonyl (C=O) groups is 4. The quantitative estimate of drug-likeness (QED) is 0.0863. The molecule has 0 aromatic heterocycles. The van der Waals surface area contributed by atoms with Gasteiger partial charge in [-0.05, 0) is 49.4 Å². The molecule has 0 radical (unpaired) electrons. The predicted molar refractivity (Wildman–Crippen MR) is 223 cm³/mol. The molecule has 15 nitrogen and oxygen atoms in total. The number of benzene rings is 2. The van der Waals surface area contributed by atoms with E-state index in [9.17, 15) is 24.4 Å². The van der Waals surface area contributed by atoms with Crippen molar-refractivity contribution >= 4 is 70.7 Å². The van der Waals surface area contributed by atoms with E-state index >= 15 is 0 Å². The Kier molecular flexibility index (Phi) is 13.7. The van der Waals surface area contributed by atoms with Crippen LogP contribution < -0.4 is 24.3 Å². The first-order valence-electron chi connectivity index (χ1n) is 18.9. The second-order valence-corrected chi connectivity index (χ2v) is 18.2. The van der Waals surface area contributed by atoms with Gasteiger partial charge in [-0.3, -0.25) is 14.6 Å². The third-order valence-corrected chi connectivity index (χ3v) is 12.7. The van der Waals surface area contributed by atoms with Gasteiger partial charge in [0.15, 0.2) is 11.5 Å². The number of alkyl carbamates (subject to hydrolysis) is 1. The van der Waals surface area contributed by atoms with Crippen molar-refractivity contribution in [3.63, 3.8) is 0 Å². The highest BCUT2D eigenvalue weighted by atomic mass is 35.6. The van der Waals surface area contributed by atoms with E-state index in [0.29, 0.717) is 22.4 Å². The molecule has 4 aliphatic heterocycles. The van der Waals surface area contributed by atoms with E-state index < -0.39 is 82.6 Å². The summed E-state index contributed by atoms with van der Waals surface area (Å²) >= 11 is 18.7. The van der Waals surface area contributed by atoms with Crippen LogP contribution in [0, 0.1) is 32.1 Å². The van der Waals surface area contributed by atoms with Crippen molar-refractivity contribution in [3.05, 3.63) is 70.3 Å². The lowest BCUT2D eigenvalue weighted by atomic mass is 9.70. The van der Waals surface area contributed by atoms with E-state index in [4.69, 9.17) is 68.0 Å². The van der Waals surface area contributed by atoms with E-state index in [-0.39, 0.29) is 42.6 Å². The van der Waals surface area contributed by atoms with Crippen molar-refractivity contribution in [2.75, 3.05) is 46.4 Å². The molecule has 0 aliphatic carbocycles. The molecule has 19 heteroatoms. The fourth-order valence-electron chi connectivity index (χ4n) is 9.00. The third kappa shape index (κ3) is 8.26. The molecule has 6 rings (SSSR count). The van der Waals surface area contributed by atoms with Crippen LogP contribution in [-0.4, -0.2) is 108 Å². The first-order chi connectivity index (χ1) is 28.5. The van der Waals surface area contributed by atoms with Crippen LogP contribution >= 0.6 is 46.6 Å². The number of aryl methyl sites for hydroxylation is 1. The average Bonchev–Trinajstić information content (AvgIpc) is 3.19. The minimum absolute atomic E-state index is 0.0345. The van der Waals surface area contributed by atoms with Crippen molar-refractivity contribution in [2.45, 2.75) is 79.4 Å². The Hall–Kier alpha value is -4.53. The second-order valence-electron chi connectivity index (χ2n) is 14.6. The summed E-state index contributed by atoms with van der Waals surface area (Å²) in [5.41, 5.74) is 4.69. The van der Waals surface area contributed by atoms with Crippen LogP contribution in [0.1, 0.15) is 63.2 Å². The standard InChI is InChI=1S/C41H45Cl3N4O11S/c1-9-11-55-36-29-27-16-57-38(50)24(46-39(51)58-18-41(42,43)44)17-60-37(30(29)34(59-22(6)49)21(5)35(36)54-8)32-31-28-20(4)33(53-7)19(3)13-23(28)14-25(26(15-45)47(27)32)48(31)40(52)56-12-10-2/h9-10,13,24-27,31-32,37H,1-2,11-12,14,16-18H2,3-8H3,(H,46,51)/t24-,25+,26-,27-,31-,32+,37+/m0/s1. The number of cyclic esters (lactones) is 1. The van der Waals surface area contributed by atoms with Crippen LogP contribution in [0.15, 0.2) is 31.4 Å². The molecule has 322 valence electrons. The van der Waals surface area contributed by atoms with Gasteiger partial charge in [0.25, 0.3) is 0 Å². The molecular formula is C41H45Cl3N4O11S. The number of piperazine rings is 1. The molecule has 2 amide bonds. The van der Waals surface area contributed by atoms with Gasteiger partial charge in [0.1, 0.15) is 50.0 Å². The molecular weight excluding hydrogens is 863 g/mol. The Morgan fingerprint density at radius 3 is 2.33 bits per heavy atom. The molecule has 2 aromatic rings. The number of carbonyl (C=O) groups excluding carboxylic acids is 4. The summed E-state index contributed by atoms with van der Waals surface area (Å²) in [7, 11) is 3.03. The topological polar surface area (TPSA) is 175 Å². The Labute approximate surface area is 367 Å². The summed E-state index contributed by atoms with van der Waals surface area (Å²) in [6.07, 6.45) is 1.57. The number of esters is 2. The van der Waals surface area contributed by atoms with Crippen molar-refractivity contribution < 1.29 is 52.3 Å². The van der Waals surface area contributed by atoms with E-state index in [1.165, 1.54) is 31.9 Å². The highest BCUT2D eigenvalue weighted by Gasteiger charge is 2.62. The Balaban J connectivity index is 1.69. The van der Waals surface area contributed by atoms with Gasteiger partial charge < -0.3 is 38.5 Å². The first kappa shape index (κ1) is 45.0. The third-order valence-electron chi connectivity index (χ3n) is 11.0. The molecule has 4 bridgehead atoms. The number of methoxy groups -OCH3 is 2. The molecule has 4 aliphatic rings. The number of alkyl halides is 3. The zero-order chi connectivity index (χ0) is 43.8. The summed E-state index contributed by atoms with van der Waals surface area (Å²) in [6.45, 7) is 13.3. The van der Waals surface area contributed by atoms with Crippen LogP contribution in [0.3, 0.4) is 0 Å². The number of hydrogen-bond acceptors (Lipinski definition) is 14. The number of ether oxygens (including phenoxy) is 7. The summed E-state index contributed by atoms with van der Waals surface area (Å²) in [4.78, 5) is 58.1. The van der Waals surface area contributed by atoms with E-state index in [1.807, 2.05) is 24.8 Å². The average molecular weight is 908 g/mol. The lowest BCUT2D eigenvalue weighted by molar-refractivity contribution is -0.151. The Morgan fingerprint density at radius 2 is 1.72 bits per heavy atom. The maximum atomic E-state index is 14.5. The van der Waals surface area contributed by atoms with Crippen molar-refractivity contribution in [1.29, 1.82) is 5.26 Å². The smallest absolute Gasteiger partial charge is 0.411 e. The second kappa shape index (κ2) is 18.2. The van der Waals surface area contributed by atoms with Crippen LogP contribution in [0.4, 0.5) is 9.59 Å². The van der Waals surface area contributed by atoms with Crippen LogP contribution in [0.2, 0.25) is 0 Å². The summed E-state index contributed by atoms with van der Waals surface area (Å²) in [5.74, 6) is -0.301. The molecule has 2 aromatic carbocycles. The van der Waals surface area contributed by atoms with Crippen LogP contribution in [-0.2, 0) is 30.2 Å². The van der Waals surface area contributed by atoms with Crippen LogP contribution in [0.25, 0.3) is 0 Å². The van der Waals surface area contributed by atoms with Crippen molar-refractivity contribution in [3.8, 4) is 29.1 Å². The molecule has 4 heterocycles. The highest BCUT2D eigenvalue weighted by Crippen LogP contribution is 2.63. The number of nitriles is 1. The number of rotatable bonds is 10. The zero-order valence-corrected chi connectivity index (χ0v) is 36.9. The van der Waals surface area contributed by atoms with E-state index in [0.717, 1.165) is 22.3 Å². The van der Waals surface area contributed by atoms with Gasteiger partial charge in [-0.1, -0.05) is 66.2 Å². The molecule has 2 fully saturated rings. The predicted octanol–water partition coefficient (Wildman–Crippen LogP) is 6.84. The Bertz CT molecular complexity index is 2140. The summed E-state index contributed by atoms with van der Waals surface area (Å²) < 4.78 is 39.4. The van der Waals surface area contributed by atoms with Gasteiger partial charge in [-0.2, -0.15) is 5.26 Å². The number of thioether (sulfide) groups is 1. The van der Waals surface area contributed by atoms with Crippen LogP contribution in [0.5, 0.6) is 23.0 Å². The highest BCUT2D eigenvalue weighted by molar-refractivity contribution is 7.99. The van der Waals surface area contributed by atoms with Gasteiger partial charge in [0.05, 0.1) is 49.7 Å². The van der Waals surface area contributed by atoms with Gasteiger partial charge in [0.2, 0.25) is 3.79 Å². The number of nitrogens with one attached hydrogen (secondary N) is 1. The molecule has 2 saturated heterocycles.